The largest absolute Gasteiger partial charge is 0.493 e. The molecule has 1 aliphatic rings. The molecular weight excluding hydrogens is 395 g/mol. The number of benzene rings is 2. The van der Waals surface area contributed by atoms with Crippen LogP contribution in [0.2, 0.25) is 0 Å². The highest BCUT2D eigenvalue weighted by Crippen LogP contribution is 2.45. The van der Waals surface area contributed by atoms with Gasteiger partial charge in [-0.3, -0.25) is 9.71 Å². The molecule has 1 atom stereocenters. The summed E-state index contributed by atoms with van der Waals surface area (Å²) < 4.78 is 52.0. The second-order valence-corrected chi connectivity index (χ2v) is 8.53. The molecule has 1 N–H and O–H groups in total. The number of nitrogens with one attached hydrogen (secondary N) is 1. The molecule has 3 rings (SSSR count). The van der Waals surface area contributed by atoms with Crippen molar-refractivity contribution in [3.8, 4) is 11.5 Å². The molecule has 6 nitrogen and oxygen atoms in total. The van der Waals surface area contributed by atoms with Crippen molar-refractivity contribution in [2.24, 2.45) is 4.99 Å². The first-order valence-electron chi connectivity index (χ1n) is 9.08. The minimum atomic E-state index is -3.50. The van der Waals surface area contributed by atoms with Crippen LogP contribution < -0.4 is 14.2 Å². The third-order valence-electron chi connectivity index (χ3n) is 4.64. The van der Waals surface area contributed by atoms with Gasteiger partial charge in [-0.2, -0.15) is 0 Å². The van der Waals surface area contributed by atoms with Crippen molar-refractivity contribution in [1.29, 1.82) is 0 Å². The van der Waals surface area contributed by atoms with Gasteiger partial charge in [0.1, 0.15) is 5.82 Å². The highest BCUT2D eigenvalue weighted by molar-refractivity contribution is 7.92. The van der Waals surface area contributed by atoms with E-state index in [1.165, 1.54) is 20.3 Å². The first kappa shape index (κ1) is 20.9. The van der Waals surface area contributed by atoms with E-state index in [1.807, 2.05) is 0 Å². The molecule has 0 aromatic heterocycles. The molecule has 0 aliphatic carbocycles. The summed E-state index contributed by atoms with van der Waals surface area (Å²) in [6.45, 7) is 5.78. The average Bonchev–Trinajstić information content (AvgIpc) is 2.67. The molecule has 0 fully saturated rings. The lowest BCUT2D eigenvalue weighted by atomic mass is 9.83. The molecule has 0 saturated carbocycles. The number of nitrogens with zero attached hydrogens (tertiary/aromatic N) is 1. The number of hydrogen-bond acceptors (Lipinski definition) is 5. The van der Waals surface area contributed by atoms with Gasteiger partial charge in [-0.15, -0.1) is 0 Å². The number of rotatable bonds is 7. The number of allylic oxidation sites excluding steroid dienone is 1. The lowest BCUT2D eigenvalue weighted by Crippen LogP contribution is -2.17. The van der Waals surface area contributed by atoms with E-state index in [9.17, 15) is 8.42 Å². The number of ether oxygens (including phenoxy) is 2. The highest BCUT2D eigenvalue weighted by atomic mass is 32.2. The van der Waals surface area contributed by atoms with Crippen LogP contribution in [-0.2, 0) is 10.0 Å². The summed E-state index contributed by atoms with van der Waals surface area (Å²) in [7, 11) is -0.442. The monoisotopic (exact) mass is 418 g/mol. The summed E-state index contributed by atoms with van der Waals surface area (Å²) >= 11 is 0. The molecule has 29 heavy (non-hydrogen) atoms. The van der Waals surface area contributed by atoms with E-state index in [2.05, 4.69) is 16.3 Å². The number of aliphatic imine (C=N–C) groups is 1. The van der Waals surface area contributed by atoms with Gasteiger partial charge in [0.25, 0.3) is 0 Å². The van der Waals surface area contributed by atoms with Gasteiger partial charge in [-0.1, -0.05) is 19.6 Å². The Labute approximate surface area is 170 Å². The normalized spacial score (nSPS) is 15.7. The second-order valence-electron chi connectivity index (χ2n) is 6.69. The standard InChI is InChI=1S/C21H23FN2O4S/c1-5-8-29(25,26)24-14-6-7-15(17(22)9-14)21-13(2)12-23-18-11-20(28-4)19(27-3)10-16(18)21/h6-7,9-12,21,24H,2,5,8H2,1,3-4H3. The zero-order valence-corrected chi connectivity index (χ0v) is 17.3. The summed E-state index contributed by atoms with van der Waals surface area (Å²) in [5.74, 6) is -0.0184. The van der Waals surface area contributed by atoms with Crippen LogP contribution in [0.5, 0.6) is 11.5 Å². The van der Waals surface area contributed by atoms with E-state index in [0.29, 0.717) is 34.7 Å². The number of halogens is 1. The van der Waals surface area contributed by atoms with Crippen molar-refractivity contribution in [1.82, 2.24) is 0 Å². The van der Waals surface area contributed by atoms with E-state index in [1.54, 1.807) is 37.4 Å². The predicted molar refractivity (Wildman–Crippen MR) is 113 cm³/mol. The molecule has 1 heterocycles. The summed E-state index contributed by atoms with van der Waals surface area (Å²) in [6.07, 6.45) is 2.06. The molecule has 2 aromatic rings. The van der Waals surface area contributed by atoms with Gasteiger partial charge < -0.3 is 9.47 Å². The van der Waals surface area contributed by atoms with E-state index in [4.69, 9.17) is 9.47 Å². The van der Waals surface area contributed by atoms with Crippen molar-refractivity contribution in [3.63, 3.8) is 0 Å². The molecule has 1 aliphatic heterocycles. The smallest absolute Gasteiger partial charge is 0.232 e. The average molecular weight is 418 g/mol. The fourth-order valence-electron chi connectivity index (χ4n) is 3.35. The fourth-order valence-corrected chi connectivity index (χ4v) is 4.47. The Morgan fingerprint density at radius 3 is 2.45 bits per heavy atom. The first-order chi connectivity index (χ1) is 13.8. The molecule has 0 amide bonds. The Kier molecular flexibility index (Phi) is 5.93. The minimum Gasteiger partial charge on any atom is -0.493 e. The lowest BCUT2D eigenvalue weighted by molar-refractivity contribution is 0.354. The van der Waals surface area contributed by atoms with Crippen molar-refractivity contribution in [3.05, 3.63) is 59.4 Å². The van der Waals surface area contributed by atoms with Gasteiger partial charge in [0.05, 0.1) is 31.3 Å². The second kappa shape index (κ2) is 8.24. The van der Waals surface area contributed by atoms with E-state index < -0.39 is 21.8 Å². The number of sulfonamides is 1. The quantitative estimate of drug-likeness (QED) is 0.723. The van der Waals surface area contributed by atoms with Crippen LogP contribution in [0.15, 0.2) is 47.5 Å². The summed E-state index contributed by atoms with van der Waals surface area (Å²) in [5.41, 5.74) is 2.53. The predicted octanol–water partition coefficient (Wildman–Crippen LogP) is 4.40. The molecule has 154 valence electrons. The summed E-state index contributed by atoms with van der Waals surface area (Å²) in [4.78, 5) is 4.38. The maximum Gasteiger partial charge on any atom is 0.232 e. The van der Waals surface area contributed by atoms with Gasteiger partial charge in [0.2, 0.25) is 10.0 Å². The Morgan fingerprint density at radius 2 is 1.83 bits per heavy atom. The van der Waals surface area contributed by atoms with E-state index in [-0.39, 0.29) is 11.4 Å². The Morgan fingerprint density at radius 1 is 1.14 bits per heavy atom. The number of fused-ring (bicyclic) bond motifs is 1. The minimum absolute atomic E-state index is 0.0265. The molecule has 0 saturated heterocycles. The molecular formula is C21H23FN2O4S. The van der Waals surface area contributed by atoms with Crippen molar-refractivity contribution >= 4 is 27.6 Å². The van der Waals surface area contributed by atoms with Crippen molar-refractivity contribution < 1.29 is 22.3 Å². The molecule has 0 spiro atoms. The Balaban J connectivity index is 2.03. The molecule has 8 heteroatoms. The first-order valence-corrected chi connectivity index (χ1v) is 10.7. The van der Waals surface area contributed by atoms with Crippen LogP contribution in [0.4, 0.5) is 15.8 Å². The number of hydrogen-bond donors (Lipinski definition) is 1. The van der Waals surface area contributed by atoms with Gasteiger partial charge in [-0.25, -0.2) is 12.8 Å². The SMILES string of the molecule is C=C1C=Nc2cc(OC)c(OC)cc2C1c1ccc(NS(=O)(=O)CCC)cc1F. The van der Waals surface area contributed by atoms with Crippen molar-refractivity contribution in [2.45, 2.75) is 19.3 Å². The Bertz CT molecular complexity index is 1080. The maximum absolute atomic E-state index is 15.0. The molecule has 0 radical (unpaired) electrons. The summed E-state index contributed by atoms with van der Waals surface area (Å²) in [6, 6.07) is 7.79. The zero-order chi connectivity index (χ0) is 21.2. The molecule has 2 aromatic carbocycles. The van der Waals surface area contributed by atoms with Crippen LogP contribution in [-0.4, -0.2) is 34.6 Å². The van der Waals surface area contributed by atoms with Crippen LogP contribution >= 0.6 is 0 Å². The molecule has 0 bridgehead atoms. The summed E-state index contributed by atoms with van der Waals surface area (Å²) in [5, 5.41) is 0. The number of methoxy groups -OCH3 is 2. The van der Waals surface area contributed by atoms with Crippen LogP contribution in [0.25, 0.3) is 0 Å². The highest BCUT2D eigenvalue weighted by Gasteiger charge is 2.28. The lowest BCUT2D eigenvalue weighted by Gasteiger charge is -2.25. The van der Waals surface area contributed by atoms with Crippen molar-refractivity contribution in [2.75, 3.05) is 24.7 Å². The zero-order valence-electron chi connectivity index (χ0n) is 16.5. The van der Waals surface area contributed by atoms with Gasteiger partial charge >= 0.3 is 0 Å². The van der Waals surface area contributed by atoms with Gasteiger partial charge in [-0.05, 0) is 41.3 Å². The number of anilines is 1. The third-order valence-corrected chi connectivity index (χ3v) is 6.13. The fraction of sp³-hybridized carbons (Fsp3) is 0.286. The van der Waals surface area contributed by atoms with E-state index in [0.717, 1.165) is 5.56 Å². The van der Waals surface area contributed by atoms with Gasteiger partial charge in [0, 0.05) is 18.2 Å². The van der Waals surface area contributed by atoms with Gasteiger partial charge in [0.15, 0.2) is 11.5 Å². The third kappa shape index (κ3) is 4.27. The Hall–Kier alpha value is -2.87. The van der Waals surface area contributed by atoms with E-state index >= 15 is 4.39 Å². The maximum atomic E-state index is 15.0. The van der Waals surface area contributed by atoms with Crippen LogP contribution in [0, 0.1) is 5.82 Å². The topological polar surface area (TPSA) is 77.0 Å². The molecule has 1 unspecified atom stereocenters. The van der Waals surface area contributed by atoms with Crippen LogP contribution in [0.1, 0.15) is 30.4 Å². The van der Waals surface area contributed by atoms with Crippen LogP contribution in [0.3, 0.4) is 0 Å².